The van der Waals surface area contributed by atoms with Gasteiger partial charge in [-0.15, -0.1) is 0 Å². The lowest BCUT2D eigenvalue weighted by molar-refractivity contribution is -0.119. The fourth-order valence-electron chi connectivity index (χ4n) is 2.88. The van der Waals surface area contributed by atoms with Crippen molar-refractivity contribution in [3.63, 3.8) is 0 Å². The number of nitrogens with zero attached hydrogens (tertiary/aromatic N) is 1. The van der Waals surface area contributed by atoms with Gasteiger partial charge in [-0.1, -0.05) is 18.2 Å². The zero-order valence-corrected chi connectivity index (χ0v) is 13.5. The largest absolute Gasteiger partial charge is 0.322 e. The van der Waals surface area contributed by atoms with Gasteiger partial charge in [0.25, 0.3) is 5.91 Å². The SMILES string of the molecule is Cc1ccc(NC(=O)c2ccccc2F)cc1N1CCCCC1=O. The molecule has 1 aliphatic rings. The third-order valence-corrected chi connectivity index (χ3v) is 4.20. The number of amides is 2. The van der Waals surface area contributed by atoms with Gasteiger partial charge in [-0.25, -0.2) is 4.39 Å². The Morgan fingerprint density at radius 2 is 1.96 bits per heavy atom. The van der Waals surface area contributed by atoms with E-state index in [1.807, 2.05) is 13.0 Å². The molecule has 0 aliphatic carbocycles. The van der Waals surface area contributed by atoms with Crippen molar-refractivity contribution in [3.8, 4) is 0 Å². The molecule has 0 atom stereocenters. The molecule has 1 fully saturated rings. The summed E-state index contributed by atoms with van der Waals surface area (Å²) < 4.78 is 13.7. The van der Waals surface area contributed by atoms with E-state index in [0.717, 1.165) is 24.1 Å². The van der Waals surface area contributed by atoms with Gasteiger partial charge in [0.15, 0.2) is 0 Å². The van der Waals surface area contributed by atoms with Gasteiger partial charge in [-0.05, 0) is 49.6 Å². The molecule has 24 heavy (non-hydrogen) atoms. The Morgan fingerprint density at radius 3 is 2.71 bits per heavy atom. The summed E-state index contributed by atoms with van der Waals surface area (Å²) in [6.07, 6.45) is 2.43. The molecule has 1 saturated heterocycles. The summed E-state index contributed by atoms with van der Waals surface area (Å²) in [6.45, 7) is 2.62. The van der Waals surface area contributed by atoms with Gasteiger partial charge in [0.1, 0.15) is 5.82 Å². The maximum absolute atomic E-state index is 13.7. The molecular formula is C19H19FN2O2. The monoisotopic (exact) mass is 326 g/mol. The summed E-state index contributed by atoms with van der Waals surface area (Å²) in [6, 6.07) is 11.2. The maximum atomic E-state index is 13.7. The first kappa shape index (κ1) is 16.2. The zero-order chi connectivity index (χ0) is 17.1. The molecule has 3 rings (SSSR count). The van der Waals surface area contributed by atoms with E-state index in [1.54, 1.807) is 23.1 Å². The second-order valence-corrected chi connectivity index (χ2v) is 5.94. The lowest BCUT2D eigenvalue weighted by atomic mass is 10.1. The Labute approximate surface area is 140 Å². The number of piperidine rings is 1. The number of hydrogen-bond donors (Lipinski definition) is 1. The molecule has 1 N–H and O–H groups in total. The summed E-state index contributed by atoms with van der Waals surface area (Å²) >= 11 is 0. The lowest BCUT2D eigenvalue weighted by Crippen LogP contribution is -2.35. The van der Waals surface area contributed by atoms with Gasteiger partial charge in [0.05, 0.1) is 5.56 Å². The normalized spacial score (nSPS) is 14.6. The second-order valence-electron chi connectivity index (χ2n) is 5.94. The molecule has 0 aromatic heterocycles. The number of nitrogens with one attached hydrogen (secondary N) is 1. The topological polar surface area (TPSA) is 49.4 Å². The van der Waals surface area contributed by atoms with Gasteiger partial charge in [-0.3, -0.25) is 9.59 Å². The highest BCUT2D eigenvalue weighted by molar-refractivity contribution is 6.05. The second kappa shape index (κ2) is 6.83. The van der Waals surface area contributed by atoms with E-state index in [2.05, 4.69) is 5.32 Å². The van der Waals surface area contributed by atoms with Crippen molar-refractivity contribution in [1.82, 2.24) is 0 Å². The molecule has 1 heterocycles. The quantitative estimate of drug-likeness (QED) is 0.930. The molecule has 0 radical (unpaired) electrons. The molecule has 0 bridgehead atoms. The summed E-state index contributed by atoms with van der Waals surface area (Å²) in [5.41, 5.74) is 2.30. The first-order chi connectivity index (χ1) is 11.6. The van der Waals surface area contributed by atoms with Crippen molar-refractivity contribution in [2.45, 2.75) is 26.2 Å². The van der Waals surface area contributed by atoms with E-state index < -0.39 is 11.7 Å². The van der Waals surface area contributed by atoms with Crippen LogP contribution in [-0.4, -0.2) is 18.4 Å². The predicted octanol–water partition coefficient (Wildman–Crippen LogP) is 3.90. The van der Waals surface area contributed by atoms with E-state index >= 15 is 0 Å². The van der Waals surface area contributed by atoms with Gasteiger partial charge >= 0.3 is 0 Å². The van der Waals surface area contributed by atoms with Crippen molar-refractivity contribution in [2.75, 3.05) is 16.8 Å². The first-order valence-corrected chi connectivity index (χ1v) is 8.03. The Balaban J connectivity index is 1.85. The molecule has 124 valence electrons. The van der Waals surface area contributed by atoms with Crippen molar-refractivity contribution in [3.05, 3.63) is 59.4 Å². The average Bonchev–Trinajstić information content (AvgIpc) is 2.57. The van der Waals surface area contributed by atoms with E-state index in [1.165, 1.54) is 18.2 Å². The van der Waals surface area contributed by atoms with Crippen LogP contribution < -0.4 is 10.2 Å². The van der Waals surface area contributed by atoms with Crippen LogP contribution in [-0.2, 0) is 4.79 Å². The van der Waals surface area contributed by atoms with Crippen molar-refractivity contribution in [1.29, 1.82) is 0 Å². The fraction of sp³-hybridized carbons (Fsp3) is 0.263. The van der Waals surface area contributed by atoms with Gasteiger partial charge in [0.2, 0.25) is 5.91 Å². The van der Waals surface area contributed by atoms with Crippen LogP contribution in [0.15, 0.2) is 42.5 Å². The van der Waals surface area contributed by atoms with Crippen LogP contribution in [0.1, 0.15) is 35.2 Å². The predicted molar refractivity (Wildman–Crippen MR) is 91.7 cm³/mol. The molecule has 5 heteroatoms. The Kier molecular flexibility index (Phi) is 4.60. The number of carbonyl (C=O) groups excluding carboxylic acids is 2. The van der Waals surface area contributed by atoms with Crippen LogP contribution in [0, 0.1) is 12.7 Å². The van der Waals surface area contributed by atoms with Crippen LogP contribution in [0.25, 0.3) is 0 Å². The first-order valence-electron chi connectivity index (χ1n) is 8.03. The van der Waals surface area contributed by atoms with Crippen LogP contribution in [0.2, 0.25) is 0 Å². The minimum Gasteiger partial charge on any atom is -0.322 e. The molecule has 2 aromatic carbocycles. The Morgan fingerprint density at radius 1 is 1.17 bits per heavy atom. The van der Waals surface area contributed by atoms with Gasteiger partial charge in [0, 0.05) is 24.3 Å². The van der Waals surface area contributed by atoms with Crippen LogP contribution in [0.5, 0.6) is 0 Å². The number of anilines is 2. The smallest absolute Gasteiger partial charge is 0.258 e. The average molecular weight is 326 g/mol. The molecule has 0 spiro atoms. The van der Waals surface area contributed by atoms with Crippen LogP contribution in [0.3, 0.4) is 0 Å². The summed E-state index contributed by atoms with van der Waals surface area (Å²) in [5, 5.41) is 2.70. The molecule has 0 unspecified atom stereocenters. The highest BCUT2D eigenvalue weighted by Gasteiger charge is 2.21. The van der Waals surface area contributed by atoms with Crippen molar-refractivity contribution in [2.24, 2.45) is 0 Å². The fourth-order valence-corrected chi connectivity index (χ4v) is 2.88. The highest BCUT2D eigenvalue weighted by atomic mass is 19.1. The minimum atomic E-state index is -0.562. The van der Waals surface area contributed by atoms with Crippen molar-refractivity contribution >= 4 is 23.2 Å². The molecule has 4 nitrogen and oxygen atoms in total. The van der Waals surface area contributed by atoms with Crippen LogP contribution >= 0.6 is 0 Å². The number of hydrogen-bond acceptors (Lipinski definition) is 2. The lowest BCUT2D eigenvalue weighted by Gasteiger charge is -2.28. The van der Waals surface area contributed by atoms with E-state index in [9.17, 15) is 14.0 Å². The Hall–Kier alpha value is -2.69. The molecular weight excluding hydrogens is 307 g/mol. The summed E-state index contributed by atoms with van der Waals surface area (Å²) in [4.78, 5) is 26.1. The molecule has 0 saturated carbocycles. The number of rotatable bonds is 3. The van der Waals surface area contributed by atoms with E-state index in [-0.39, 0.29) is 11.5 Å². The van der Waals surface area contributed by atoms with Crippen molar-refractivity contribution < 1.29 is 14.0 Å². The summed E-state index contributed by atoms with van der Waals surface area (Å²) in [5.74, 6) is -0.969. The standard InChI is InChI=1S/C19H19FN2O2/c1-13-9-10-14(12-17(13)22-11-5-4-8-18(22)23)21-19(24)15-6-2-3-7-16(15)20/h2-3,6-7,9-10,12H,4-5,8,11H2,1H3,(H,21,24). The number of benzene rings is 2. The van der Waals surface area contributed by atoms with Gasteiger partial charge < -0.3 is 10.2 Å². The zero-order valence-electron chi connectivity index (χ0n) is 13.5. The number of carbonyl (C=O) groups is 2. The summed E-state index contributed by atoms with van der Waals surface area (Å²) in [7, 11) is 0. The maximum Gasteiger partial charge on any atom is 0.258 e. The number of halogens is 1. The third kappa shape index (κ3) is 3.30. The van der Waals surface area contributed by atoms with Gasteiger partial charge in [-0.2, -0.15) is 0 Å². The molecule has 1 aliphatic heterocycles. The van der Waals surface area contributed by atoms with E-state index in [0.29, 0.717) is 18.7 Å². The number of aryl methyl sites for hydroxylation is 1. The Bertz CT molecular complexity index is 789. The van der Waals surface area contributed by atoms with E-state index in [4.69, 9.17) is 0 Å². The minimum absolute atomic E-state index is 0.00586. The highest BCUT2D eigenvalue weighted by Crippen LogP contribution is 2.28. The van der Waals surface area contributed by atoms with Crippen LogP contribution in [0.4, 0.5) is 15.8 Å². The molecule has 2 amide bonds. The third-order valence-electron chi connectivity index (χ3n) is 4.20. The molecule has 2 aromatic rings.